The van der Waals surface area contributed by atoms with Crippen molar-refractivity contribution >= 4 is 11.8 Å². The van der Waals surface area contributed by atoms with Gasteiger partial charge in [-0.2, -0.15) is 0 Å². The van der Waals surface area contributed by atoms with E-state index in [0.717, 1.165) is 11.3 Å². The molecule has 2 aliphatic rings. The molecule has 1 aliphatic heterocycles. The van der Waals surface area contributed by atoms with Gasteiger partial charge in [0.1, 0.15) is 18.1 Å². The van der Waals surface area contributed by atoms with E-state index < -0.39 is 0 Å². The summed E-state index contributed by atoms with van der Waals surface area (Å²) in [5, 5.41) is 0. The maximum Gasteiger partial charge on any atom is 0.311 e. The van der Waals surface area contributed by atoms with Gasteiger partial charge in [-0.05, 0) is 23.6 Å². The van der Waals surface area contributed by atoms with Crippen LogP contribution in [-0.2, 0) is 20.9 Å². The lowest BCUT2D eigenvalue weighted by Crippen LogP contribution is -2.34. The van der Waals surface area contributed by atoms with Gasteiger partial charge in [-0.15, -0.1) is 0 Å². The third-order valence-corrected chi connectivity index (χ3v) is 5.23. The summed E-state index contributed by atoms with van der Waals surface area (Å²) in [5.74, 6) is 0.621. The van der Waals surface area contributed by atoms with Gasteiger partial charge in [0.2, 0.25) is 0 Å². The smallest absolute Gasteiger partial charge is 0.311 e. The molecule has 5 nitrogen and oxygen atoms in total. The van der Waals surface area contributed by atoms with Gasteiger partial charge in [0, 0.05) is 36.1 Å². The lowest BCUT2D eigenvalue weighted by atomic mass is 9.71. The zero-order valence-electron chi connectivity index (χ0n) is 16.1. The second kappa shape index (κ2) is 7.23. The Morgan fingerprint density at radius 3 is 2.68 bits per heavy atom. The number of aromatic nitrogens is 1. The van der Waals surface area contributed by atoms with Crippen molar-refractivity contribution in [1.82, 2.24) is 4.98 Å². The number of pyridine rings is 1. The number of ketones is 1. The molecule has 0 saturated carbocycles. The number of esters is 1. The number of hydrogen-bond acceptors (Lipinski definition) is 5. The average molecular weight is 377 g/mol. The molecule has 0 unspecified atom stereocenters. The van der Waals surface area contributed by atoms with Crippen molar-refractivity contribution < 1.29 is 19.1 Å². The Labute approximate surface area is 164 Å². The average Bonchev–Trinajstić information content (AvgIpc) is 2.65. The fraction of sp³-hybridized carbons (Fsp3) is 0.348. The highest BCUT2D eigenvalue weighted by Crippen LogP contribution is 2.47. The van der Waals surface area contributed by atoms with Crippen molar-refractivity contribution in [3.05, 3.63) is 71.3 Å². The molecule has 0 fully saturated rings. The molecule has 1 aliphatic carbocycles. The van der Waals surface area contributed by atoms with Crippen LogP contribution in [0.3, 0.4) is 0 Å². The predicted octanol–water partition coefficient (Wildman–Crippen LogP) is 4.33. The number of allylic oxidation sites excluding steroid dienone is 2. The Kier molecular flexibility index (Phi) is 4.75. The van der Waals surface area contributed by atoms with Gasteiger partial charge in [-0.1, -0.05) is 38.1 Å². The van der Waals surface area contributed by atoms with Crippen molar-refractivity contribution in [3.8, 4) is 5.75 Å². The van der Waals surface area contributed by atoms with Crippen LogP contribution < -0.4 is 4.74 Å². The maximum absolute atomic E-state index is 12.9. The SMILES string of the molecule is CC1(C)CC(=O)C2=C(C1)OC(=O)C[C@H]2c1ccccc1OCc1ccccn1. The van der Waals surface area contributed by atoms with E-state index in [9.17, 15) is 9.59 Å². The van der Waals surface area contributed by atoms with Crippen LogP contribution in [0.5, 0.6) is 5.75 Å². The summed E-state index contributed by atoms with van der Waals surface area (Å²) in [6.45, 7) is 4.37. The second-order valence-electron chi connectivity index (χ2n) is 8.16. The van der Waals surface area contributed by atoms with Crippen LogP contribution in [0.2, 0.25) is 0 Å². The third-order valence-electron chi connectivity index (χ3n) is 5.23. The Hall–Kier alpha value is -2.95. The lowest BCUT2D eigenvalue weighted by molar-refractivity contribution is -0.142. The summed E-state index contributed by atoms with van der Waals surface area (Å²) < 4.78 is 11.5. The van der Waals surface area contributed by atoms with E-state index in [-0.39, 0.29) is 29.5 Å². The normalized spacial score (nSPS) is 21.1. The minimum Gasteiger partial charge on any atom is -0.487 e. The summed E-state index contributed by atoms with van der Waals surface area (Å²) in [5.41, 5.74) is 2.09. The van der Waals surface area contributed by atoms with Gasteiger partial charge >= 0.3 is 5.97 Å². The fourth-order valence-corrected chi connectivity index (χ4v) is 4.01. The predicted molar refractivity (Wildman–Crippen MR) is 104 cm³/mol. The highest BCUT2D eigenvalue weighted by molar-refractivity contribution is 6.00. The van der Waals surface area contributed by atoms with Gasteiger partial charge in [0.05, 0.1) is 12.1 Å². The van der Waals surface area contributed by atoms with E-state index in [1.54, 1.807) is 6.20 Å². The topological polar surface area (TPSA) is 65.5 Å². The number of Topliss-reactive ketones (excluding diaryl/α,β-unsaturated/α-hetero) is 1. The molecular formula is C23H23NO4. The molecule has 4 rings (SSSR count). The molecule has 1 atom stereocenters. The number of benzene rings is 1. The molecule has 0 spiro atoms. The van der Waals surface area contributed by atoms with E-state index in [1.165, 1.54) is 0 Å². The van der Waals surface area contributed by atoms with Crippen LogP contribution in [0, 0.1) is 5.41 Å². The Morgan fingerprint density at radius 1 is 1.11 bits per heavy atom. The van der Waals surface area contributed by atoms with E-state index in [0.29, 0.717) is 36.5 Å². The molecule has 0 N–H and O–H groups in total. The summed E-state index contributed by atoms with van der Waals surface area (Å²) >= 11 is 0. The zero-order valence-corrected chi connectivity index (χ0v) is 16.1. The molecule has 1 aromatic heterocycles. The first-order valence-corrected chi connectivity index (χ1v) is 9.51. The number of hydrogen-bond donors (Lipinski definition) is 0. The van der Waals surface area contributed by atoms with E-state index in [4.69, 9.17) is 9.47 Å². The van der Waals surface area contributed by atoms with Crippen LogP contribution >= 0.6 is 0 Å². The minimum atomic E-state index is -0.334. The molecule has 28 heavy (non-hydrogen) atoms. The molecule has 2 heterocycles. The first-order valence-electron chi connectivity index (χ1n) is 9.51. The van der Waals surface area contributed by atoms with E-state index in [1.807, 2.05) is 56.3 Å². The fourth-order valence-electron chi connectivity index (χ4n) is 4.01. The molecule has 5 heteroatoms. The highest BCUT2D eigenvalue weighted by atomic mass is 16.5. The second-order valence-corrected chi connectivity index (χ2v) is 8.16. The molecule has 0 saturated heterocycles. The van der Waals surface area contributed by atoms with Gasteiger partial charge in [0.15, 0.2) is 5.78 Å². The summed E-state index contributed by atoms with van der Waals surface area (Å²) in [7, 11) is 0. The number of rotatable bonds is 4. The third kappa shape index (κ3) is 3.70. The van der Waals surface area contributed by atoms with Crippen molar-refractivity contribution in [2.24, 2.45) is 5.41 Å². The van der Waals surface area contributed by atoms with Crippen LogP contribution in [-0.4, -0.2) is 16.7 Å². The Morgan fingerprint density at radius 2 is 1.89 bits per heavy atom. The summed E-state index contributed by atoms with van der Waals surface area (Å²) in [6.07, 6.45) is 2.92. The first-order chi connectivity index (χ1) is 13.4. The van der Waals surface area contributed by atoms with Crippen LogP contribution in [0.25, 0.3) is 0 Å². The molecular weight excluding hydrogens is 354 g/mol. The van der Waals surface area contributed by atoms with E-state index in [2.05, 4.69) is 4.98 Å². The van der Waals surface area contributed by atoms with Crippen LogP contribution in [0.1, 0.15) is 50.3 Å². The Balaban J connectivity index is 1.68. The van der Waals surface area contributed by atoms with Crippen molar-refractivity contribution in [2.75, 3.05) is 0 Å². The van der Waals surface area contributed by atoms with Gasteiger partial charge < -0.3 is 9.47 Å². The number of ether oxygens (including phenoxy) is 2. The quantitative estimate of drug-likeness (QED) is 0.742. The molecule has 144 valence electrons. The number of carbonyl (C=O) groups excluding carboxylic acids is 2. The van der Waals surface area contributed by atoms with Gasteiger partial charge in [0.25, 0.3) is 0 Å². The number of nitrogens with zero attached hydrogens (tertiary/aromatic N) is 1. The van der Waals surface area contributed by atoms with Crippen molar-refractivity contribution in [3.63, 3.8) is 0 Å². The van der Waals surface area contributed by atoms with E-state index >= 15 is 0 Å². The van der Waals surface area contributed by atoms with Gasteiger partial charge in [-0.25, -0.2) is 0 Å². The molecule has 0 bridgehead atoms. The maximum atomic E-state index is 12.9. The van der Waals surface area contributed by atoms with Crippen LogP contribution in [0.4, 0.5) is 0 Å². The van der Waals surface area contributed by atoms with Gasteiger partial charge in [-0.3, -0.25) is 14.6 Å². The largest absolute Gasteiger partial charge is 0.487 e. The lowest BCUT2D eigenvalue weighted by Gasteiger charge is -2.37. The first kappa shape index (κ1) is 18.4. The standard InChI is InChI=1S/C23H23NO4/c1-23(2)12-18(25)22-17(11-21(26)28-20(22)13-23)16-8-3-4-9-19(16)27-14-15-7-5-6-10-24-15/h3-10,17H,11-14H2,1-2H3/t17-/m0/s1. The Bertz CT molecular complexity index is 946. The molecule has 2 aromatic rings. The summed E-state index contributed by atoms with van der Waals surface area (Å²) in [4.78, 5) is 29.5. The molecule has 1 aromatic carbocycles. The number of para-hydroxylation sites is 1. The monoisotopic (exact) mass is 377 g/mol. The van der Waals surface area contributed by atoms with Crippen molar-refractivity contribution in [2.45, 2.75) is 45.6 Å². The number of carbonyl (C=O) groups is 2. The molecule has 0 amide bonds. The minimum absolute atomic E-state index is 0.0586. The van der Waals surface area contributed by atoms with Crippen molar-refractivity contribution in [1.29, 1.82) is 0 Å². The highest BCUT2D eigenvalue weighted by Gasteiger charge is 2.42. The zero-order chi connectivity index (χ0) is 19.7. The summed E-state index contributed by atoms with van der Waals surface area (Å²) in [6, 6.07) is 13.3. The van der Waals surface area contributed by atoms with Crippen LogP contribution in [0.15, 0.2) is 60.0 Å². The molecule has 0 radical (unpaired) electrons.